The van der Waals surface area contributed by atoms with E-state index in [1.165, 1.54) is 38.6 Å². The largest absolute Gasteiger partial charge is 0.375 e. The molecule has 2 saturated heterocycles. The minimum absolute atomic E-state index is 0.404. The van der Waals surface area contributed by atoms with E-state index in [2.05, 4.69) is 25.7 Å². The zero-order valence-corrected chi connectivity index (χ0v) is 12.3. The van der Waals surface area contributed by atoms with Crippen LogP contribution >= 0.6 is 0 Å². The Hall–Kier alpha value is -0.120. The number of piperidine rings is 1. The van der Waals surface area contributed by atoms with Gasteiger partial charge >= 0.3 is 0 Å². The Kier molecular flexibility index (Phi) is 5.05. The summed E-state index contributed by atoms with van der Waals surface area (Å²) in [4.78, 5) is 2.70. The topological polar surface area (TPSA) is 38.5 Å². The molecule has 0 saturated carbocycles. The van der Waals surface area contributed by atoms with Gasteiger partial charge in [-0.15, -0.1) is 0 Å². The monoisotopic (exact) mass is 254 g/mol. The first kappa shape index (κ1) is 14.3. The average molecular weight is 254 g/mol. The molecule has 4 unspecified atom stereocenters. The highest BCUT2D eigenvalue weighted by Crippen LogP contribution is 2.31. The molecule has 0 bridgehead atoms. The Balaban J connectivity index is 1.98. The molecule has 0 aromatic rings. The van der Waals surface area contributed by atoms with Crippen molar-refractivity contribution >= 4 is 0 Å². The molecule has 2 fully saturated rings. The first-order valence-corrected chi connectivity index (χ1v) is 7.75. The summed E-state index contributed by atoms with van der Waals surface area (Å²) < 4.78 is 5.86. The number of likely N-dealkylation sites (tertiary alicyclic amines) is 1. The summed E-state index contributed by atoms with van der Waals surface area (Å²) in [5.74, 6) is 0.893. The Labute approximate surface area is 112 Å². The molecular weight excluding hydrogens is 224 g/mol. The number of hydrogen-bond donors (Lipinski definition) is 1. The zero-order chi connectivity index (χ0) is 13.1. The third-order valence-corrected chi connectivity index (χ3v) is 4.86. The second-order valence-electron chi connectivity index (χ2n) is 6.31. The SMILES string of the molecule is CCC1CCN(C2CC(C)OC(C)C2)C(CN)C1. The van der Waals surface area contributed by atoms with Crippen molar-refractivity contribution in [2.45, 2.75) is 77.2 Å². The molecule has 2 aliphatic rings. The summed E-state index contributed by atoms with van der Waals surface area (Å²) in [5.41, 5.74) is 6.01. The lowest BCUT2D eigenvalue weighted by molar-refractivity contribution is -0.0790. The quantitative estimate of drug-likeness (QED) is 0.840. The maximum Gasteiger partial charge on any atom is 0.0565 e. The summed E-state index contributed by atoms with van der Waals surface area (Å²) in [6, 6.07) is 1.29. The van der Waals surface area contributed by atoms with Gasteiger partial charge in [0.05, 0.1) is 12.2 Å². The van der Waals surface area contributed by atoms with E-state index < -0.39 is 0 Å². The Morgan fingerprint density at radius 2 is 1.83 bits per heavy atom. The third-order valence-electron chi connectivity index (χ3n) is 4.86. The fraction of sp³-hybridized carbons (Fsp3) is 1.00. The maximum atomic E-state index is 6.01. The molecule has 2 rings (SSSR count). The van der Waals surface area contributed by atoms with Crippen LogP contribution in [0.2, 0.25) is 0 Å². The fourth-order valence-corrected chi connectivity index (χ4v) is 3.88. The van der Waals surface area contributed by atoms with Crippen LogP contribution in [0, 0.1) is 5.92 Å². The van der Waals surface area contributed by atoms with Crippen LogP contribution in [0.3, 0.4) is 0 Å². The van der Waals surface area contributed by atoms with Gasteiger partial charge in [0.15, 0.2) is 0 Å². The van der Waals surface area contributed by atoms with Crippen molar-refractivity contribution < 1.29 is 4.74 Å². The third kappa shape index (κ3) is 3.25. The van der Waals surface area contributed by atoms with Crippen LogP contribution in [0.25, 0.3) is 0 Å². The molecule has 18 heavy (non-hydrogen) atoms. The molecule has 2 N–H and O–H groups in total. The number of rotatable bonds is 3. The predicted molar refractivity (Wildman–Crippen MR) is 75.6 cm³/mol. The van der Waals surface area contributed by atoms with Crippen LogP contribution in [0.4, 0.5) is 0 Å². The summed E-state index contributed by atoms with van der Waals surface area (Å²) in [7, 11) is 0. The first-order valence-electron chi connectivity index (χ1n) is 7.75. The summed E-state index contributed by atoms with van der Waals surface area (Å²) in [6.45, 7) is 8.78. The molecule has 0 spiro atoms. The van der Waals surface area contributed by atoms with E-state index in [4.69, 9.17) is 10.5 Å². The van der Waals surface area contributed by atoms with E-state index >= 15 is 0 Å². The molecule has 106 valence electrons. The fourth-order valence-electron chi connectivity index (χ4n) is 3.88. The number of hydrogen-bond acceptors (Lipinski definition) is 3. The average Bonchev–Trinajstić information content (AvgIpc) is 2.36. The summed E-state index contributed by atoms with van der Waals surface area (Å²) in [6.07, 6.45) is 7.13. The zero-order valence-electron chi connectivity index (χ0n) is 12.3. The number of nitrogens with zero attached hydrogens (tertiary/aromatic N) is 1. The van der Waals surface area contributed by atoms with E-state index in [0.717, 1.165) is 12.5 Å². The van der Waals surface area contributed by atoms with Gasteiger partial charge in [-0.1, -0.05) is 13.3 Å². The van der Waals surface area contributed by atoms with Crippen molar-refractivity contribution in [3.05, 3.63) is 0 Å². The van der Waals surface area contributed by atoms with Gasteiger partial charge in [-0.25, -0.2) is 0 Å². The van der Waals surface area contributed by atoms with Gasteiger partial charge in [0.2, 0.25) is 0 Å². The molecule has 0 radical (unpaired) electrons. The summed E-state index contributed by atoms with van der Waals surface area (Å²) in [5, 5.41) is 0. The van der Waals surface area contributed by atoms with Crippen LogP contribution in [0.5, 0.6) is 0 Å². The van der Waals surface area contributed by atoms with Crippen LogP contribution in [0.1, 0.15) is 52.9 Å². The lowest BCUT2D eigenvalue weighted by Gasteiger charge is -2.46. The van der Waals surface area contributed by atoms with Gasteiger partial charge in [-0.3, -0.25) is 4.90 Å². The lowest BCUT2D eigenvalue weighted by atomic mass is 9.86. The molecule has 4 atom stereocenters. The van der Waals surface area contributed by atoms with Gasteiger partial charge in [0, 0.05) is 18.6 Å². The predicted octanol–water partition coefficient (Wildman–Crippen LogP) is 2.39. The molecule has 0 aromatic heterocycles. The van der Waals surface area contributed by atoms with Gasteiger partial charge in [-0.2, -0.15) is 0 Å². The van der Waals surface area contributed by atoms with E-state index in [1.54, 1.807) is 0 Å². The van der Waals surface area contributed by atoms with E-state index in [9.17, 15) is 0 Å². The van der Waals surface area contributed by atoms with Crippen molar-refractivity contribution in [1.82, 2.24) is 4.90 Å². The van der Waals surface area contributed by atoms with Crippen molar-refractivity contribution in [3.8, 4) is 0 Å². The van der Waals surface area contributed by atoms with Crippen LogP contribution in [0.15, 0.2) is 0 Å². The minimum Gasteiger partial charge on any atom is -0.375 e. The second-order valence-corrected chi connectivity index (χ2v) is 6.31. The minimum atomic E-state index is 0.404. The standard InChI is InChI=1S/C15H30N2O/c1-4-13-5-6-17(15(9-13)10-16)14-7-11(2)18-12(3)8-14/h11-15H,4-10,16H2,1-3H3. The molecule has 2 aliphatic heterocycles. The number of ether oxygens (including phenoxy) is 1. The van der Waals surface area contributed by atoms with E-state index in [0.29, 0.717) is 24.3 Å². The molecule has 0 aromatic carbocycles. The van der Waals surface area contributed by atoms with E-state index in [-0.39, 0.29) is 0 Å². The summed E-state index contributed by atoms with van der Waals surface area (Å²) >= 11 is 0. The molecule has 0 amide bonds. The normalized spacial score (nSPS) is 43.0. The van der Waals surface area contributed by atoms with E-state index in [1.807, 2.05) is 0 Å². The van der Waals surface area contributed by atoms with Crippen molar-refractivity contribution in [2.75, 3.05) is 13.1 Å². The maximum absolute atomic E-state index is 6.01. The van der Waals surface area contributed by atoms with Gasteiger partial charge in [0.1, 0.15) is 0 Å². The number of nitrogens with two attached hydrogens (primary N) is 1. The van der Waals surface area contributed by atoms with Crippen molar-refractivity contribution in [2.24, 2.45) is 11.7 Å². The van der Waals surface area contributed by atoms with Crippen LogP contribution in [-0.2, 0) is 4.74 Å². The lowest BCUT2D eigenvalue weighted by Crippen LogP contribution is -2.54. The van der Waals surface area contributed by atoms with Crippen LogP contribution in [-0.4, -0.2) is 42.3 Å². The van der Waals surface area contributed by atoms with Gasteiger partial charge in [0.25, 0.3) is 0 Å². The molecule has 0 aliphatic carbocycles. The van der Waals surface area contributed by atoms with Crippen molar-refractivity contribution in [1.29, 1.82) is 0 Å². The van der Waals surface area contributed by atoms with Crippen LogP contribution < -0.4 is 5.73 Å². The second kappa shape index (κ2) is 6.36. The first-order chi connectivity index (χ1) is 8.63. The Morgan fingerprint density at radius 3 is 2.39 bits per heavy atom. The molecular formula is C15H30N2O. The van der Waals surface area contributed by atoms with Crippen molar-refractivity contribution in [3.63, 3.8) is 0 Å². The molecule has 3 heteroatoms. The highest BCUT2D eigenvalue weighted by Gasteiger charge is 2.35. The highest BCUT2D eigenvalue weighted by molar-refractivity contribution is 4.89. The molecule has 2 heterocycles. The van der Waals surface area contributed by atoms with Gasteiger partial charge in [-0.05, 0) is 52.0 Å². The van der Waals surface area contributed by atoms with Gasteiger partial charge < -0.3 is 10.5 Å². The Morgan fingerprint density at radius 1 is 1.17 bits per heavy atom. The highest BCUT2D eigenvalue weighted by atomic mass is 16.5. The Bertz CT molecular complexity index is 249. The smallest absolute Gasteiger partial charge is 0.0565 e. The molecule has 3 nitrogen and oxygen atoms in total.